The van der Waals surface area contributed by atoms with Gasteiger partial charge in [0.15, 0.2) is 5.69 Å². The Morgan fingerprint density at radius 1 is 0.783 bits per heavy atom. The van der Waals surface area contributed by atoms with E-state index in [0.29, 0.717) is 16.7 Å². The zero-order valence-corrected chi connectivity index (χ0v) is 24.8. The summed E-state index contributed by atoms with van der Waals surface area (Å²) in [7, 11) is 0. The molecule has 3 heterocycles. The molecule has 0 aliphatic carbocycles. The Morgan fingerprint density at radius 3 is 2.37 bits per heavy atom. The SMILES string of the molecule is [C-]#[N+]c1cc(C#N)cc(C#N)c1-c1cc2c3c(c1)-n1c4ccccc4c4cccc(c41)B3c1cccc(-c3ccccc3C)c1N2. The quantitative estimate of drug-likeness (QED) is 0.168. The van der Waals surface area contributed by atoms with Gasteiger partial charge in [0.05, 0.1) is 29.8 Å². The number of aryl methyl sites for hydroxylation is 1. The Bertz CT molecular complexity index is 2590. The smallest absolute Gasteiger partial charge is 0.252 e. The van der Waals surface area contributed by atoms with Crippen molar-refractivity contribution in [3.05, 3.63) is 137 Å². The fourth-order valence-corrected chi connectivity index (χ4v) is 7.74. The number of fused-ring (bicyclic) bond motifs is 7. The molecule has 1 N–H and O–H groups in total. The van der Waals surface area contributed by atoms with Crippen molar-refractivity contribution in [2.45, 2.75) is 6.92 Å². The van der Waals surface area contributed by atoms with Gasteiger partial charge in [0.25, 0.3) is 6.71 Å². The third kappa shape index (κ3) is 3.37. The van der Waals surface area contributed by atoms with E-state index >= 15 is 0 Å². The maximum Gasteiger partial charge on any atom is 0.252 e. The first-order chi connectivity index (χ1) is 22.6. The van der Waals surface area contributed by atoms with Crippen LogP contribution in [-0.4, -0.2) is 11.3 Å². The van der Waals surface area contributed by atoms with Gasteiger partial charge in [0, 0.05) is 50.0 Å². The van der Waals surface area contributed by atoms with Crippen molar-refractivity contribution < 1.29 is 0 Å². The Morgan fingerprint density at radius 2 is 1.54 bits per heavy atom. The van der Waals surface area contributed by atoms with Crippen molar-refractivity contribution >= 4 is 62.0 Å². The number of nitriles is 2. The molecule has 0 saturated heterocycles. The topological polar surface area (TPSA) is 68.9 Å². The van der Waals surface area contributed by atoms with E-state index in [1.807, 2.05) is 0 Å². The number of nitrogens with zero attached hydrogens (tertiary/aromatic N) is 4. The van der Waals surface area contributed by atoms with E-state index in [1.165, 1.54) is 38.3 Å². The minimum absolute atomic E-state index is 0.0310. The van der Waals surface area contributed by atoms with Crippen LogP contribution in [0.1, 0.15) is 16.7 Å². The lowest BCUT2D eigenvalue weighted by Crippen LogP contribution is -2.59. The van der Waals surface area contributed by atoms with Crippen molar-refractivity contribution in [2.24, 2.45) is 0 Å². The molecule has 1 aromatic heterocycles. The second-order valence-corrected chi connectivity index (χ2v) is 11.9. The number of hydrogen-bond donors (Lipinski definition) is 1. The highest BCUT2D eigenvalue weighted by Crippen LogP contribution is 2.43. The molecular formula is C40H22BN5. The number of rotatable bonds is 2. The van der Waals surface area contributed by atoms with Crippen LogP contribution in [0.3, 0.4) is 0 Å². The Labute approximate surface area is 266 Å². The zero-order chi connectivity index (χ0) is 31.1. The number of nitrogens with one attached hydrogen (secondary N) is 1. The second-order valence-electron chi connectivity index (χ2n) is 11.9. The van der Waals surface area contributed by atoms with Gasteiger partial charge in [-0.2, -0.15) is 10.5 Å². The van der Waals surface area contributed by atoms with E-state index in [9.17, 15) is 10.5 Å². The average molecular weight is 583 g/mol. The summed E-state index contributed by atoms with van der Waals surface area (Å²) in [5, 5.41) is 26.1. The molecule has 0 fully saturated rings. The molecule has 5 nitrogen and oxygen atoms in total. The minimum Gasteiger partial charge on any atom is -0.356 e. The van der Waals surface area contributed by atoms with Gasteiger partial charge in [-0.05, 0) is 70.3 Å². The maximum absolute atomic E-state index is 10.2. The van der Waals surface area contributed by atoms with E-state index in [4.69, 9.17) is 6.57 Å². The fraction of sp³-hybridized carbons (Fsp3) is 0.0250. The van der Waals surface area contributed by atoms with Crippen LogP contribution in [0, 0.1) is 36.2 Å². The van der Waals surface area contributed by atoms with Gasteiger partial charge in [-0.1, -0.05) is 78.9 Å². The van der Waals surface area contributed by atoms with Gasteiger partial charge in [0.1, 0.15) is 0 Å². The molecule has 9 rings (SSSR count). The predicted molar refractivity (Wildman–Crippen MR) is 186 cm³/mol. The summed E-state index contributed by atoms with van der Waals surface area (Å²) >= 11 is 0. The summed E-state index contributed by atoms with van der Waals surface area (Å²) in [5.41, 5.74) is 14.6. The highest BCUT2D eigenvalue weighted by molar-refractivity contribution is 7.00. The molecule has 6 heteroatoms. The van der Waals surface area contributed by atoms with Crippen LogP contribution in [0.4, 0.5) is 17.1 Å². The van der Waals surface area contributed by atoms with Crippen molar-refractivity contribution in [1.29, 1.82) is 10.5 Å². The van der Waals surface area contributed by atoms with Crippen molar-refractivity contribution in [3.63, 3.8) is 0 Å². The van der Waals surface area contributed by atoms with Crippen LogP contribution in [0.15, 0.2) is 109 Å². The van der Waals surface area contributed by atoms with Crippen molar-refractivity contribution in [1.82, 2.24) is 4.57 Å². The van der Waals surface area contributed by atoms with Gasteiger partial charge >= 0.3 is 0 Å². The van der Waals surface area contributed by atoms with Crippen molar-refractivity contribution in [3.8, 4) is 40.1 Å². The van der Waals surface area contributed by atoms with Gasteiger partial charge in [-0.3, -0.25) is 0 Å². The number of anilines is 2. The van der Waals surface area contributed by atoms with E-state index < -0.39 is 0 Å². The fourth-order valence-electron chi connectivity index (χ4n) is 7.74. The average Bonchev–Trinajstić information content (AvgIpc) is 3.44. The number of hydrogen-bond acceptors (Lipinski definition) is 3. The normalized spacial score (nSPS) is 12.1. The monoisotopic (exact) mass is 583 g/mol. The first-order valence-electron chi connectivity index (χ1n) is 15.1. The van der Waals surface area contributed by atoms with Crippen LogP contribution in [-0.2, 0) is 0 Å². The summed E-state index contributed by atoms with van der Waals surface area (Å²) in [6, 6.07) is 41.9. The minimum atomic E-state index is -0.0310. The van der Waals surface area contributed by atoms with E-state index in [-0.39, 0.29) is 12.4 Å². The van der Waals surface area contributed by atoms with E-state index in [0.717, 1.165) is 39.2 Å². The van der Waals surface area contributed by atoms with Crippen LogP contribution >= 0.6 is 0 Å². The summed E-state index contributed by atoms with van der Waals surface area (Å²) < 4.78 is 2.35. The number of benzene rings is 6. The van der Waals surface area contributed by atoms with Crippen molar-refractivity contribution in [2.75, 3.05) is 5.32 Å². The number of para-hydroxylation sites is 3. The summed E-state index contributed by atoms with van der Waals surface area (Å²) in [6.45, 7) is 10.1. The molecule has 7 aromatic rings. The summed E-state index contributed by atoms with van der Waals surface area (Å²) in [5.74, 6) is 0. The Balaban J connectivity index is 1.44. The standard InChI is InChI=1S/C40H22BN5/c1-23-9-3-4-10-27(23)29-12-7-14-31-39(29)45-34-19-25(37-26(22-43)17-24(21-42)18-33(37)44-2)20-36-38(34)41(31)32-15-8-13-30-28-11-5-6-16-35(28)46(36)40(30)32/h3-20,45H,1H3. The largest absolute Gasteiger partial charge is 0.356 e. The van der Waals surface area contributed by atoms with Gasteiger partial charge in [-0.15, -0.1) is 0 Å². The maximum atomic E-state index is 10.2. The van der Waals surface area contributed by atoms with Crippen LogP contribution in [0.5, 0.6) is 0 Å². The lowest BCUT2D eigenvalue weighted by atomic mass is 9.34. The Kier molecular flexibility index (Phi) is 5.34. The molecule has 0 atom stereocenters. The molecule has 2 aliphatic rings. The third-order valence-corrected chi connectivity index (χ3v) is 9.60. The molecule has 0 radical (unpaired) electrons. The first-order valence-corrected chi connectivity index (χ1v) is 15.1. The molecule has 0 amide bonds. The molecule has 0 unspecified atom stereocenters. The highest BCUT2D eigenvalue weighted by atomic mass is 15.0. The molecule has 0 bridgehead atoms. The molecule has 0 saturated carbocycles. The van der Waals surface area contributed by atoms with Gasteiger partial charge in [0.2, 0.25) is 0 Å². The van der Waals surface area contributed by atoms with Crippen LogP contribution in [0.2, 0.25) is 0 Å². The van der Waals surface area contributed by atoms with Crippen LogP contribution < -0.4 is 21.7 Å². The molecular weight excluding hydrogens is 561 g/mol. The van der Waals surface area contributed by atoms with E-state index in [2.05, 4.69) is 131 Å². The molecule has 210 valence electrons. The van der Waals surface area contributed by atoms with Crippen LogP contribution in [0.25, 0.3) is 54.6 Å². The first kappa shape index (κ1) is 25.9. The van der Waals surface area contributed by atoms with E-state index in [1.54, 1.807) is 12.1 Å². The zero-order valence-electron chi connectivity index (χ0n) is 24.8. The Hall–Kier alpha value is -6.55. The van der Waals surface area contributed by atoms with Gasteiger partial charge < -0.3 is 9.88 Å². The molecule has 0 spiro atoms. The highest BCUT2D eigenvalue weighted by Gasteiger charge is 2.40. The molecule has 46 heavy (non-hydrogen) atoms. The predicted octanol–water partition coefficient (Wildman–Crippen LogP) is 7.61. The lowest BCUT2D eigenvalue weighted by molar-refractivity contribution is 1.19. The molecule has 2 aliphatic heterocycles. The summed E-state index contributed by atoms with van der Waals surface area (Å²) in [6.07, 6.45) is 0. The second kappa shape index (κ2) is 9.48. The summed E-state index contributed by atoms with van der Waals surface area (Å²) in [4.78, 5) is 3.80. The lowest BCUT2D eigenvalue weighted by Gasteiger charge is -2.36. The molecule has 6 aromatic carbocycles. The third-order valence-electron chi connectivity index (χ3n) is 9.60. The van der Waals surface area contributed by atoms with Gasteiger partial charge in [-0.25, -0.2) is 4.85 Å². The number of aromatic nitrogens is 1.